The minimum Gasteiger partial charge on any atom is -0.446 e. The van der Waals surface area contributed by atoms with Crippen LogP contribution < -0.4 is 10.6 Å². The SMILES string of the molecule is CCNC(=O)OC1CCc2c(sc(NC(=O)/C=C/c3cccnc3)c2C#N)C1. The highest BCUT2D eigenvalue weighted by Gasteiger charge is 2.28. The Kier molecular flexibility index (Phi) is 6.40. The van der Waals surface area contributed by atoms with Gasteiger partial charge >= 0.3 is 6.09 Å². The van der Waals surface area contributed by atoms with Gasteiger partial charge in [0.15, 0.2) is 0 Å². The van der Waals surface area contributed by atoms with Crippen molar-refractivity contribution in [3.63, 3.8) is 0 Å². The zero-order valence-corrected chi connectivity index (χ0v) is 16.2. The number of ether oxygens (including phenoxy) is 1. The number of pyridine rings is 1. The molecule has 0 saturated carbocycles. The summed E-state index contributed by atoms with van der Waals surface area (Å²) in [6.45, 7) is 2.34. The van der Waals surface area contributed by atoms with Crippen molar-refractivity contribution in [2.24, 2.45) is 0 Å². The van der Waals surface area contributed by atoms with Gasteiger partial charge in [0.1, 0.15) is 17.2 Å². The van der Waals surface area contributed by atoms with Gasteiger partial charge in [-0.3, -0.25) is 9.78 Å². The van der Waals surface area contributed by atoms with Crippen molar-refractivity contribution in [1.82, 2.24) is 10.3 Å². The number of nitrogens with one attached hydrogen (secondary N) is 2. The van der Waals surface area contributed by atoms with E-state index in [1.807, 2.05) is 13.0 Å². The lowest BCUT2D eigenvalue weighted by Crippen LogP contribution is -2.31. The fourth-order valence-corrected chi connectivity index (χ4v) is 4.27. The second-order valence-electron chi connectivity index (χ2n) is 6.23. The molecule has 2 heterocycles. The van der Waals surface area contributed by atoms with Crippen LogP contribution in [0.15, 0.2) is 30.6 Å². The molecule has 0 saturated heterocycles. The Labute approximate surface area is 167 Å². The summed E-state index contributed by atoms with van der Waals surface area (Å²) >= 11 is 1.37. The lowest BCUT2D eigenvalue weighted by Gasteiger charge is -2.22. The molecule has 0 fully saturated rings. The van der Waals surface area contributed by atoms with E-state index in [1.54, 1.807) is 24.5 Å². The highest BCUT2D eigenvalue weighted by atomic mass is 32.1. The minimum atomic E-state index is -0.429. The number of carbonyl (C=O) groups excluding carboxylic acids is 2. The number of hydrogen-bond acceptors (Lipinski definition) is 6. The topological polar surface area (TPSA) is 104 Å². The molecule has 2 N–H and O–H groups in total. The van der Waals surface area contributed by atoms with Gasteiger partial charge in [0.2, 0.25) is 5.91 Å². The van der Waals surface area contributed by atoms with E-state index in [4.69, 9.17) is 4.74 Å². The Balaban J connectivity index is 1.69. The first-order valence-electron chi connectivity index (χ1n) is 8.99. The van der Waals surface area contributed by atoms with Crippen molar-refractivity contribution in [3.05, 3.63) is 52.2 Å². The van der Waals surface area contributed by atoms with Crippen LogP contribution in [0.2, 0.25) is 0 Å². The summed E-state index contributed by atoms with van der Waals surface area (Å²) in [6.07, 6.45) is 7.59. The van der Waals surface area contributed by atoms with Crippen LogP contribution in [0, 0.1) is 11.3 Å². The summed E-state index contributed by atoms with van der Waals surface area (Å²) in [7, 11) is 0. The van der Waals surface area contributed by atoms with Crippen LogP contribution in [0.5, 0.6) is 0 Å². The number of carbonyl (C=O) groups is 2. The molecule has 8 heteroatoms. The lowest BCUT2D eigenvalue weighted by atomic mass is 9.94. The molecular weight excluding hydrogens is 376 g/mol. The number of hydrogen-bond donors (Lipinski definition) is 2. The van der Waals surface area contributed by atoms with Gasteiger partial charge in [-0.1, -0.05) is 6.07 Å². The highest BCUT2D eigenvalue weighted by molar-refractivity contribution is 7.16. The first kappa shape index (κ1) is 19.6. The molecule has 1 aliphatic carbocycles. The third-order valence-electron chi connectivity index (χ3n) is 4.27. The van der Waals surface area contributed by atoms with Gasteiger partial charge in [0.25, 0.3) is 0 Å². The minimum absolute atomic E-state index is 0.224. The maximum absolute atomic E-state index is 12.2. The molecule has 1 unspecified atom stereocenters. The number of anilines is 1. The number of alkyl carbamates (subject to hydrolysis) is 1. The zero-order chi connectivity index (χ0) is 19.9. The summed E-state index contributed by atoms with van der Waals surface area (Å²) in [5.41, 5.74) is 2.25. The molecule has 3 rings (SSSR count). The molecule has 1 atom stereocenters. The molecule has 7 nitrogen and oxygen atoms in total. The molecule has 1 aliphatic rings. The second kappa shape index (κ2) is 9.15. The predicted molar refractivity (Wildman–Crippen MR) is 107 cm³/mol. The lowest BCUT2D eigenvalue weighted by molar-refractivity contribution is -0.111. The molecule has 0 radical (unpaired) electrons. The largest absolute Gasteiger partial charge is 0.446 e. The van der Waals surface area contributed by atoms with Crippen molar-refractivity contribution in [3.8, 4) is 6.07 Å². The Morgan fingerprint density at radius 1 is 1.50 bits per heavy atom. The van der Waals surface area contributed by atoms with Crippen molar-refractivity contribution < 1.29 is 14.3 Å². The van der Waals surface area contributed by atoms with E-state index in [0.29, 0.717) is 36.4 Å². The fraction of sp³-hybridized carbons (Fsp3) is 0.300. The van der Waals surface area contributed by atoms with Crippen LogP contribution in [0.4, 0.5) is 9.80 Å². The second-order valence-corrected chi connectivity index (χ2v) is 7.33. The zero-order valence-electron chi connectivity index (χ0n) is 15.4. The first-order valence-corrected chi connectivity index (χ1v) is 9.80. The van der Waals surface area contributed by atoms with Gasteiger partial charge in [-0.15, -0.1) is 11.3 Å². The van der Waals surface area contributed by atoms with E-state index in [0.717, 1.165) is 16.0 Å². The highest BCUT2D eigenvalue weighted by Crippen LogP contribution is 2.38. The molecule has 28 heavy (non-hydrogen) atoms. The third-order valence-corrected chi connectivity index (χ3v) is 5.44. The molecule has 2 aromatic rings. The van der Waals surface area contributed by atoms with Crippen molar-refractivity contribution in [2.45, 2.75) is 32.3 Å². The van der Waals surface area contributed by atoms with Crippen molar-refractivity contribution >= 4 is 34.4 Å². The van der Waals surface area contributed by atoms with E-state index < -0.39 is 6.09 Å². The molecule has 0 aromatic carbocycles. The average molecular weight is 396 g/mol. The van der Waals surface area contributed by atoms with E-state index >= 15 is 0 Å². The van der Waals surface area contributed by atoms with E-state index in [1.165, 1.54) is 17.4 Å². The first-order chi connectivity index (χ1) is 13.6. The fourth-order valence-electron chi connectivity index (χ4n) is 3.00. The van der Waals surface area contributed by atoms with E-state index in [2.05, 4.69) is 21.7 Å². The van der Waals surface area contributed by atoms with Crippen LogP contribution in [0.25, 0.3) is 6.08 Å². The standard InChI is InChI=1S/C20H20N4O3S/c1-2-23-20(26)27-14-6-7-15-16(11-21)19(28-17(15)10-14)24-18(25)8-5-13-4-3-9-22-12-13/h3-5,8-9,12,14H,2,6-7,10H2,1H3,(H,23,26)(H,24,25)/b8-5+. The van der Waals surface area contributed by atoms with Gasteiger partial charge in [-0.25, -0.2) is 4.79 Å². The van der Waals surface area contributed by atoms with Gasteiger partial charge in [-0.05, 0) is 43.0 Å². The summed E-state index contributed by atoms with van der Waals surface area (Å²) in [5.74, 6) is -0.311. The number of aromatic nitrogens is 1. The molecule has 2 amide bonds. The molecule has 0 spiro atoms. The van der Waals surface area contributed by atoms with Crippen LogP contribution in [0.3, 0.4) is 0 Å². The Morgan fingerprint density at radius 3 is 3.07 bits per heavy atom. The molecule has 2 aromatic heterocycles. The molecular formula is C20H20N4O3S. The molecule has 0 aliphatic heterocycles. The summed E-state index contributed by atoms with van der Waals surface area (Å²) in [5, 5.41) is 15.5. The predicted octanol–water partition coefficient (Wildman–Crippen LogP) is 3.27. The number of nitriles is 1. The average Bonchev–Trinajstić information content (AvgIpc) is 3.03. The van der Waals surface area contributed by atoms with Crippen LogP contribution >= 0.6 is 11.3 Å². The van der Waals surface area contributed by atoms with Gasteiger partial charge in [0.05, 0.1) is 5.56 Å². The van der Waals surface area contributed by atoms with E-state index in [-0.39, 0.29) is 12.0 Å². The number of amides is 2. The number of nitrogens with zero attached hydrogens (tertiary/aromatic N) is 2. The monoisotopic (exact) mass is 396 g/mol. The molecule has 144 valence electrons. The quantitative estimate of drug-likeness (QED) is 0.755. The number of fused-ring (bicyclic) bond motifs is 1. The number of rotatable bonds is 5. The summed E-state index contributed by atoms with van der Waals surface area (Å²) in [6, 6.07) is 5.83. The smallest absolute Gasteiger partial charge is 0.407 e. The van der Waals surface area contributed by atoms with E-state index in [9.17, 15) is 14.9 Å². The maximum Gasteiger partial charge on any atom is 0.407 e. The van der Waals surface area contributed by atoms with Gasteiger partial charge in [-0.2, -0.15) is 5.26 Å². The van der Waals surface area contributed by atoms with Crippen LogP contribution in [-0.4, -0.2) is 29.6 Å². The normalized spacial score (nSPS) is 15.5. The summed E-state index contributed by atoms with van der Waals surface area (Å²) < 4.78 is 5.41. The van der Waals surface area contributed by atoms with Gasteiger partial charge in [0, 0.05) is 36.3 Å². The Hall–Kier alpha value is -3.18. The number of thiophene rings is 1. The van der Waals surface area contributed by atoms with Crippen LogP contribution in [-0.2, 0) is 22.4 Å². The molecule has 0 bridgehead atoms. The van der Waals surface area contributed by atoms with Crippen LogP contribution in [0.1, 0.15) is 34.9 Å². The summed E-state index contributed by atoms with van der Waals surface area (Å²) in [4.78, 5) is 28.9. The van der Waals surface area contributed by atoms with Crippen molar-refractivity contribution in [2.75, 3.05) is 11.9 Å². The van der Waals surface area contributed by atoms with Gasteiger partial charge < -0.3 is 15.4 Å². The van der Waals surface area contributed by atoms with Crippen molar-refractivity contribution in [1.29, 1.82) is 5.26 Å². The third kappa shape index (κ3) is 4.75. The Morgan fingerprint density at radius 2 is 2.36 bits per heavy atom. The Bertz CT molecular complexity index is 931. The maximum atomic E-state index is 12.2.